The van der Waals surface area contributed by atoms with Crippen LogP contribution in [0.5, 0.6) is 0 Å². The first-order chi connectivity index (χ1) is 8.45. The van der Waals surface area contributed by atoms with Crippen LogP contribution in [-0.2, 0) is 0 Å². The van der Waals surface area contributed by atoms with Gasteiger partial charge in [0.05, 0.1) is 17.8 Å². The molecule has 0 spiro atoms. The van der Waals surface area contributed by atoms with Crippen molar-refractivity contribution >= 4 is 17.7 Å². The average Bonchev–Trinajstić information content (AvgIpc) is 2.30. The monoisotopic (exact) mass is 254 g/mol. The van der Waals surface area contributed by atoms with Gasteiger partial charge in [-0.2, -0.15) is 0 Å². The zero-order chi connectivity index (χ0) is 13.7. The SMILES string of the molecule is C#CCNC(=O)Nc1cc(F)c(F)cc1C(=O)O. The summed E-state index contributed by atoms with van der Waals surface area (Å²) >= 11 is 0. The Morgan fingerprint density at radius 1 is 1.33 bits per heavy atom. The molecule has 0 bridgehead atoms. The van der Waals surface area contributed by atoms with Gasteiger partial charge in [0.25, 0.3) is 0 Å². The number of carbonyl (C=O) groups is 2. The molecule has 0 aromatic heterocycles. The number of benzene rings is 1. The van der Waals surface area contributed by atoms with E-state index in [-0.39, 0.29) is 12.2 Å². The summed E-state index contributed by atoms with van der Waals surface area (Å²) in [5.41, 5.74) is -0.930. The first kappa shape index (κ1) is 13.4. The Bertz CT molecular complexity index is 538. The molecule has 0 aliphatic carbocycles. The van der Waals surface area contributed by atoms with Crippen molar-refractivity contribution in [1.82, 2.24) is 5.32 Å². The molecule has 2 amide bonds. The summed E-state index contributed by atoms with van der Waals surface area (Å²) in [5, 5.41) is 13.0. The zero-order valence-electron chi connectivity index (χ0n) is 8.96. The van der Waals surface area contributed by atoms with E-state index in [0.29, 0.717) is 12.1 Å². The van der Waals surface area contributed by atoms with Crippen molar-refractivity contribution in [3.8, 4) is 12.3 Å². The highest BCUT2D eigenvalue weighted by Gasteiger charge is 2.16. The molecule has 0 saturated heterocycles. The number of carbonyl (C=O) groups excluding carboxylic acids is 1. The van der Waals surface area contributed by atoms with Crippen LogP contribution in [0.1, 0.15) is 10.4 Å². The third kappa shape index (κ3) is 3.18. The number of amides is 2. The van der Waals surface area contributed by atoms with Gasteiger partial charge >= 0.3 is 12.0 Å². The topological polar surface area (TPSA) is 78.4 Å². The number of rotatable bonds is 3. The van der Waals surface area contributed by atoms with Crippen LogP contribution in [0.3, 0.4) is 0 Å². The number of hydrogen-bond acceptors (Lipinski definition) is 2. The highest BCUT2D eigenvalue weighted by atomic mass is 19.2. The van der Waals surface area contributed by atoms with E-state index in [4.69, 9.17) is 11.5 Å². The molecule has 1 aromatic rings. The van der Waals surface area contributed by atoms with Crippen LogP contribution in [-0.4, -0.2) is 23.7 Å². The van der Waals surface area contributed by atoms with E-state index >= 15 is 0 Å². The smallest absolute Gasteiger partial charge is 0.337 e. The lowest BCUT2D eigenvalue weighted by atomic mass is 10.1. The Labute approximate surface area is 101 Å². The maximum atomic E-state index is 13.0. The van der Waals surface area contributed by atoms with E-state index in [1.54, 1.807) is 0 Å². The molecule has 0 saturated carbocycles. The molecule has 18 heavy (non-hydrogen) atoms. The van der Waals surface area contributed by atoms with Gasteiger partial charge in [0, 0.05) is 6.07 Å². The molecule has 0 radical (unpaired) electrons. The highest BCUT2D eigenvalue weighted by molar-refractivity contribution is 6.00. The molecule has 0 aliphatic rings. The molecule has 1 rings (SSSR count). The molecule has 0 fully saturated rings. The number of terminal acetylenes is 1. The van der Waals surface area contributed by atoms with Crippen molar-refractivity contribution in [1.29, 1.82) is 0 Å². The molecule has 3 N–H and O–H groups in total. The molecule has 5 nitrogen and oxygen atoms in total. The van der Waals surface area contributed by atoms with Gasteiger partial charge < -0.3 is 15.7 Å². The summed E-state index contributed by atoms with van der Waals surface area (Å²) in [5.74, 6) is -1.97. The summed E-state index contributed by atoms with van der Waals surface area (Å²) in [4.78, 5) is 22.0. The second-order valence-electron chi connectivity index (χ2n) is 3.13. The Hall–Kier alpha value is -2.62. The second kappa shape index (κ2) is 5.63. The lowest BCUT2D eigenvalue weighted by molar-refractivity contribution is 0.0697. The largest absolute Gasteiger partial charge is 0.478 e. The Kier molecular flexibility index (Phi) is 4.21. The molecule has 1 aromatic carbocycles. The van der Waals surface area contributed by atoms with Crippen molar-refractivity contribution in [2.45, 2.75) is 0 Å². The standard InChI is InChI=1S/C11H8F2N2O3/c1-2-3-14-11(18)15-9-5-8(13)7(12)4-6(9)10(16)17/h1,4-5H,3H2,(H,16,17)(H2,14,15,18). The van der Waals surface area contributed by atoms with Crippen molar-refractivity contribution in [2.75, 3.05) is 11.9 Å². The number of aromatic carboxylic acids is 1. The fourth-order valence-electron chi connectivity index (χ4n) is 1.13. The molecule has 7 heteroatoms. The van der Waals surface area contributed by atoms with E-state index < -0.39 is 29.2 Å². The number of anilines is 1. The van der Waals surface area contributed by atoms with E-state index in [1.165, 1.54) is 0 Å². The van der Waals surface area contributed by atoms with Gasteiger partial charge in [-0.25, -0.2) is 18.4 Å². The maximum absolute atomic E-state index is 13.0. The summed E-state index contributed by atoms with van der Waals surface area (Å²) < 4.78 is 25.8. The third-order valence-corrected chi connectivity index (χ3v) is 1.89. The fraction of sp³-hybridized carbons (Fsp3) is 0.0909. The van der Waals surface area contributed by atoms with Crippen molar-refractivity contribution in [2.24, 2.45) is 0 Å². The number of carboxylic acid groups (broad SMARTS) is 1. The van der Waals surface area contributed by atoms with E-state index in [2.05, 4.69) is 16.6 Å². The minimum Gasteiger partial charge on any atom is -0.478 e. The van der Waals surface area contributed by atoms with E-state index in [1.807, 2.05) is 0 Å². The third-order valence-electron chi connectivity index (χ3n) is 1.89. The lowest BCUT2D eigenvalue weighted by Crippen LogP contribution is -2.29. The van der Waals surface area contributed by atoms with E-state index in [0.717, 1.165) is 0 Å². The van der Waals surface area contributed by atoms with Crippen LogP contribution in [0.15, 0.2) is 12.1 Å². The number of hydrogen-bond donors (Lipinski definition) is 3. The van der Waals surface area contributed by atoms with Gasteiger partial charge in [-0.3, -0.25) is 0 Å². The molecule has 0 atom stereocenters. The van der Waals surface area contributed by atoms with Gasteiger partial charge in [-0.1, -0.05) is 5.92 Å². The minimum atomic E-state index is -1.50. The Morgan fingerprint density at radius 3 is 2.50 bits per heavy atom. The molecule has 94 valence electrons. The van der Waals surface area contributed by atoms with Crippen LogP contribution in [0.25, 0.3) is 0 Å². The van der Waals surface area contributed by atoms with Crippen LogP contribution in [0, 0.1) is 24.0 Å². The van der Waals surface area contributed by atoms with Gasteiger partial charge in [0.2, 0.25) is 0 Å². The van der Waals surface area contributed by atoms with Gasteiger partial charge in [-0.05, 0) is 6.07 Å². The van der Waals surface area contributed by atoms with Gasteiger partial charge in [0.15, 0.2) is 11.6 Å². The number of urea groups is 1. The van der Waals surface area contributed by atoms with Crippen LogP contribution < -0.4 is 10.6 Å². The van der Waals surface area contributed by atoms with Crippen molar-refractivity contribution in [3.05, 3.63) is 29.3 Å². The molecule has 0 heterocycles. The molecule has 0 aliphatic heterocycles. The van der Waals surface area contributed by atoms with Crippen LogP contribution in [0.4, 0.5) is 19.3 Å². The quantitative estimate of drug-likeness (QED) is 0.714. The summed E-state index contributed by atoms with van der Waals surface area (Å²) in [6.45, 7) is -0.0854. The Morgan fingerprint density at radius 2 is 1.94 bits per heavy atom. The first-order valence-electron chi connectivity index (χ1n) is 4.66. The summed E-state index contributed by atoms with van der Waals surface area (Å²) in [7, 11) is 0. The molecular formula is C11H8F2N2O3. The fourth-order valence-corrected chi connectivity index (χ4v) is 1.13. The number of carboxylic acids is 1. The summed E-state index contributed by atoms with van der Waals surface area (Å²) in [6, 6.07) is 0.240. The molecular weight excluding hydrogens is 246 g/mol. The van der Waals surface area contributed by atoms with Gasteiger partial charge in [-0.15, -0.1) is 6.42 Å². The van der Waals surface area contributed by atoms with Crippen LogP contribution >= 0.6 is 0 Å². The van der Waals surface area contributed by atoms with E-state index in [9.17, 15) is 18.4 Å². The average molecular weight is 254 g/mol. The second-order valence-corrected chi connectivity index (χ2v) is 3.13. The van der Waals surface area contributed by atoms with Gasteiger partial charge in [0.1, 0.15) is 0 Å². The molecule has 0 unspecified atom stereocenters. The Balaban J connectivity index is 3.01. The van der Waals surface area contributed by atoms with Crippen LogP contribution in [0.2, 0.25) is 0 Å². The predicted octanol–water partition coefficient (Wildman–Crippen LogP) is 1.42. The predicted molar refractivity (Wildman–Crippen MR) is 59.2 cm³/mol. The van der Waals surface area contributed by atoms with Crippen molar-refractivity contribution < 1.29 is 23.5 Å². The lowest BCUT2D eigenvalue weighted by Gasteiger charge is -2.09. The highest BCUT2D eigenvalue weighted by Crippen LogP contribution is 2.20. The summed E-state index contributed by atoms with van der Waals surface area (Å²) in [6.07, 6.45) is 4.90. The number of halogens is 2. The number of nitrogens with one attached hydrogen (secondary N) is 2. The van der Waals surface area contributed by atoms with Crippen molar-refractivity contribution in [3.63, 3.8) is 0 Å². The maximum Gasteiger partial charge on any atom is 0.337 e. The minimum absolute atomic E-state index is 0.0854. The normalized spacial score (nSPS) is 9.39. The zero-order valence-corrected chi connectivity index (χ0v) is 8.96. The first-order valence-corrected chi connectivity index (χ1v) is 4.66.